The highest BCUT2D eigenvalue weighted by molar-refractivity contribution is 7.89. The van der Waals surface area contributed by atoms with Gasteiger partial charge in [-0.05, 0) is 61.2 Å². The first kappa shape index (κ1) is 17.0. The van der Waals surface area contributed by atoms with Crippen LogP contribution in [0.25, 0.3) is 10.9 Å². The molecule has 126 valence electrons. The Kier molecular flexibility index (Phi) is 4.67. The molecule has 0 amide bonds. The van der Waals surface area contributed by atoms with Crippen LogP contribution in [0.3, 0.4) is 0 Å². The first-order valence-electron chi connectivity index (χ1n) is 7.69. The molecule has 2 N–H and O–H groups in total. The van der Waals surface area contributed by atoms with Crippen molar-refractivity contribution in [3.05, 3.63) is 64.3 Å². The zero-order chi connectivity index (χ0) is 17.3. The van der Waals surface area contributed by atoms with Crippen LogP contribution in [0.2, 0.25) is 5.02 Å². The molecule has 2 aromatic carbocycles. The van der Waals surface area contributed by atoms with Crippen LogP contribution in [0.5, 0.6) is 0 Å². The fraction of sp³-hybridized carbons (Fsp3) is 0.222. The van der Waals surface area contributed by atoms with Gasteiger partial charge >= 0.3 is 0 Å². The number of rotatable bonds is 5. The average molecular weight is 363 g/mol. The van der Waals surface area contributed by atoms with Gasteiger partial charge in [0.1, 0.15) is 0 Å². The van der Waals surface area contributed by atoms with Crippen molar-refractivity contribution in [1.29, 1.82) is 0 Å². The van der Waals surface area contributed by atoms with Crippen LogP contribution >= 0.6 is 11.6 Å². The summed E-state index contributed by atoms with van der Waals surface area (Å²) in [6.07, 6.45) is 2.48. The number of sulfonamides is 1. The second-order valence-electron chi connectivity index (χ2n) is 5.92. The molecular formula is C18H19ClN2O2S. The van der Waals surface area contributed by atoms with Gasteiger partial charge < -0.3 is 4.98 Å². The summed E-state index contributed by atoms with van der Waals surface area (Å²) in [5, 5.41) is 1.69. The van der Waals surface area contributed by atoms with Crippen molar-refractivity contribution in [3.8, 4) is 0 Å². The predicted octanol–water partition coefficient (Wildman–Crippen LogP) is 3.96. The maximum atomic E-state index is 12.5. The minimum Gasteiger partial charge on any atom is -0.361 e. The minimum atomic E-state index is -3.51. The maximum Gasteiger partial charge on any atom is 0.240 e. The highest BCUT2D eigenvalue weighted by Crippen LogP contribution is 2.23. The average Bonchev–Trinajstić information content (AvgIpc) is 2.92. The number of H-pyrrole nitrogens is 1. The van der Waals surface area contributed by atoms with E-state index in [0.29, 0.717) is 22.9 Å². The number of hydrogen-bond donors (Lipinski definition) is 2. The smallest absolute Gasteiger partial charge is 0.240 e. The lowest BCUT2D eigenvalue weighted by Gasteiger charge is -2.10. The molecule has 0 unspecified atom stereocenters. The Morgan fingerprint density at radius 1 is 1.12 bits per heavy atom. The van der Waals surface area contributed by atoms with E-state index in [2.05, 4.69) is 9.71 Å². The monoisotopic (exact) mass is 362 g/mol. The van der Waals surface area contributed by atoms with Crippen molar-refractivity contribution in [2.45, 2.75) is 25.2 Å². The van der Waals surface area contributed by atoms with Gasteiger partial charge in [-0.15, -0.1) is 0 Å². The van der Waals surface area contributed by atoms with Crippen LogP contribution in [0.1, 0.15) is 16.7 Å². The molecule has 1 heterocycles. The molecule has 0 spiro atoms. The van der Waals surface area contributed by atoms with E-state index in [1.54, 1.807) is 13.0 Å². The second-order valence-corrected chi connectivity index (χ2v) is 8.09. The van der Waals surface area contributed by atoms with E-state index in [1.165, 1.54) is 0 Å². The Morgan fingerprint density at radius 3 is 2.71 bits per heavy atom. The number of nitrogens with one attached hydrogen (secondary N) is 2. The summed E-state index contributed by atoms with van der Waals surface area (Å²) >= 11 is 6.04. The van der Waals surface area contributed by atoms with Crippen molar-refractivity contribution >= 4 is 32.5 Å². The third-order valence-corrected chi connectivity index (χ3v) is 5.89. The summed E-state index contributed by atoms with van der Waals surface area (Å²) in [4.78, 5) is 3.51. The minimum absolute atomic E-state index is 0.329. The Balaban J connectivity index is 1.75. The van der Waals surface area contributed by atoms with Crippen LogP contribution in [0.15, 0.2) is 47.5 Å². The van der Waals surface area contributed by atoms with E-state index in [-0.39, 0.29) is 0 Å². The topological polar surface area (TPSA) is 62.0 Å². The van der Waals surface area contributed by atoms with Gasteiger partial charge in [-0.3, -0.25) is 0 Å². The highest BCUT2D eigenvalue weighted by Gasteiger charge is 2.16. The number of benzene rings is 2. The highest BCUT2D eigenvalue weighted by atomic mass is 35.5. The van der Waals surface area contributed by atoms with Gasteiger partial charge in [0.25, 0.3) is 0 Å². The first-order chi connectivity index (χ1) is 11.4. The van der Waals surface area contributed by atoms with Crippen molar-refractivity contribution in [3.63, 3.8) is 0 Å². The molecule has 0 radical (unpaired) electrons. The Bertz CT molecular complexity index is 993. The molecule has 4 nitrogen and oxygen atoms in total. The third-order valence-electron chi connectivity index (χ3n) is 4.05. The lowest BCUT2D eigenvalue weighted by atomic mass is 10.1. The van der Waals surface area contributed by atoms with Crippen LogP contribution in [-0.2, 0) is 16.4 Å². The maximum absolute atomic E-state index is 12.5. The largest absolute Gasteiger partial charge is 0.361 e. The summed E-state index contributed by atoms with van der Waals surface area (Å²) < 4.78 is 27.7. The lowest BCUT2D eigenvalue weighted by Crippen LogP contribution is -2.26. The molecule has 0 aliphatic heterocycles. The number of hydrogen-bond acceptors (Lipinski definition) is 2. The number of aromatic amines is 1. The van der Waals surface area contributed by atoms with Gasteiger partial charge in [0, 0.05) is 28.7 Å². The van der Waals surface area contributed by atoms with Crippen molar-refractivity contribution in [2.75, 3.05) is 6.54 Å². The number of halogens is 1. The molecule has 0 saturated carbocycles. The van der Waals surface area contributed by atoms with Gasteiger partial charge in [-0.1, -0.05) is 23.7 Å². The summed E-state index contributed by atoms with van der Waals surface area (Å²) in [6, 6.07) is 11.1. The van der Waals surface area contributed by atoms with Gasteiger partial charge in [0.05, 0.1) is 4.90 Å². The lowest BCUT2D eigenvalue weighted by molar-refractivity contribution is 0.581. The van der Waals surface area contributed by atoms with E-state index in [1.807, 2.05) is 43.5 Å². The zero-order valence-electron chi connectivity index (χ0n) is 13.6. The molecule has 0 saturated heterocycles. The quantitative estimate of drug-likeness (QED) is 0.721. The summed E-state index contributed by atoms with van der Waals surface area (Å²) in [5.41, 5.74) is 3.70. The molecule has 0 atom stereocenters. The Labute approximate surface area is 146 Å². The van der Waals surface area contributed by atoms with Gasteiger partial charge in [-0.25, -0.2) is 13.1 Å². The third kappa shape index (κ3) is 3.48. The van der Waals surface area contributed by atoms with Crippen molar-refractivity contribution < 1.29 is 8.42 Å². The van der Waals surface area contributed by atoms with Crippen LogP contribution in [0, 0.1) is 13.8 Å². The van der Waals surface area contributed by atoms with Gasteiger partial charge in [0.15, 0.2) is 0 Å². The fourth-order valence-corrected chi connectivity index (χ4v) is 4.28. The number of aryl methyl sites for hydroxylation is 2. The molecular weight excluding hydrogens is 344 g/mol. The molecule has 0 aliphatic carbocycles. The van der Waals surface area contributed by atoms with Crippen molar-refractivity contribution in [2.24, 2.45) is 0 Å². The molecule has 24 heavy (non-hydrogen) atoms. The fourth-order valence-electron chi connectivity index (χ4n) is 2.75. The van der Waals surface area contributed by atoms with E-state index in [4.69, 9.17) is 11.6 Å². The van der Waals surface area contributed by atoms with E-state index < -0.39 is 10.0 Å². The normalized spacial score (nSPS) is 12.0. The Hall–Kier alpha value is -1.82. The van der Waals surface area contributed by atoms with Crippen molar-refractivity contribution in [1.82, 2.24) is 9.71 Å². The van der Waals surface area contributed by atoms with Gasteiger partial charge in [0.2, 0.25) is 10.0 Å². The second kappa shape index (κ2) is 6.59. The molecule has 3 rings (SSSR count). The van der Waals surface area contributed by atoms with E-state index in [0.717, 1.165) is 27.6 Å². The summed E-state index contributed by atoms with van der Waals surface area (Å²) in [6.45, 7) is 4.01. The van der Waals surface area contributed by atoms with E-state index >= 15 is 0 Å². The Morgan fingerprint density at radius 2 is 1.92 bits per heavy atom. The molecule has 0 fully saturated rings. The van der Waals surface area contributed by atoms with Crippen LogP contribution in [0.4, 0.5) is 0 Å². The van der Waals surface area contributed by atoms with Crippen LogP contribution < -0.4 is 4.72 Å². The summed E-state index contributed by atoms with van der Waals surface area (Å²) in [7, 11) is -3.51. The molecule has 0 bridgehead atoms. The summed E-state index contributed by atoms with van der Waals surface area (Å²) in [5.74, 6) is 0. The number of aromatic nitrogens is 1. The first-order valence-corrected chi connectivity index (χ1v) is 9.55. The molecule has 0 aliphatic rings. The SMILES string of the molecule is Cc1ccc(C)c(S(=O)(=O)NCCc2c[nH]c3ccc(Cl)cc23)c1. The molecule has 6 heteroatoms. The standard InChI is InChI=1S/C18H19ClN2O2S/c1-12-3-4-13(2)18(9-12)24(22,23)21-8-7-14-11-20-17-6-5-15(19)10-16(14)17/h3-6,9-11,20-21H,7-8H2,1-2H3. The van der Waals surface area contributed by atoms with Gasteiger partial charge in [-0.2, -0.15) is 0 Å². The predicted molar refractivity (Wildman–Crippen MR) is 98.1 cm³/mol. The van der Waals surface area contributed by atoms with Crippen LogP contribution in [-0.4, -0.2) is 19.9 Å². The number of fused-ring (bicyclic) bond motifs is 1. The molecule has 3 aromatic rings. The van der Waals surface area contributed by atoms with E-state index in [9.17, 15) is 8.42 Å². The zero-order valence-corrected chi connectivity index (χ0v) is 15.1. The molecule has 1 aromatic heterocycles.